The van der Waals surface area contributed by atoms with Crippen molar-refractivity contribution in [2.45, 2.75) is 25.2 Å². The van der Waals surface area contributed by atoms with Crippen molar-refractivity contribution in [3.05, 3.63) is 83.4 Å². The zero-order valence-electron chi connectivity index (χ0n) is 16.3. The summed E-state index contributed by atoms with van der Waals surface area (Å²) in [4.78, 5) is 10.8. The number of aryl methyl sites for hydroxylation is 1. The van der Waals surface area contributed by atoms with Crippen molar-refractivity contribution in [2.24, 2.45) is 0 Å². The van der Waals surface area contributed by atoms with Gasteiger partial charge in [-0.2, -0.15) is 26.3 Å². The number of benzene rings is 3. The summed E-state index contributed by atoms with van der Waals surface area (Å²) in [6, 6.07) is 13.7. The van der Waals surface area contributed by atoms with E-state index in [-0.39, 0.29) is 30.0 Å². The second kappa shape index (κ2) is 8.94. The molecule has 3 aromatic carbocycles. The number of rotatable bonds is 6. The normalized spacial score (nSPS) is 11.9. The summed E-state index contributed by atoms with van der Waals surface area (Å²) >= 11 is 0. The van der Waals surface area contributed by atoms with Crippen molar-refractivity contribution in [3.63, 3.8) is 0 Å². The Kier molecular flexibility index (Phi) is 6.47. The first-order valence-corrected chi connectivity index (χ1v) is 9.31. The summed E-state index contributed by atoms with van der Waals surface area (Å²) in [5, 5.41) is 8.85. The Bertz CT molecular complexity index is 1070. The van der Waals surface area contributed by atoms with Gasteiger partial charge in [0.15, 0.2) is 0 Å². The number of carboxylic acid groups (broad SMARTS) is 1. The third-order valence-corrected chi connectivity index (χ3v) is 4.58. The van der Waals surface area contributed by atoms with Crippen molar-refractivity contribution < 1.29 is 41.0 Å². The minimum atomic E-state index is -4.93. The lowest BCUT2D eigenvalue weighted by Gasteiger charge is -2.15. The number of alkyl halides is 6. The van der Waals surface area contributed by atoms with Crippen molar-refractivity contribution in [2.75, 3.05) is 0 Å². The lowest BCUT2D eigenvalue weighted by molar-refractivity contribution is -0.143. The van der Waals surface area contributed by atoms with E-state index in [1.54, 1.807) is 24.3 Å². The summed E-state index contributed by atoms with van der Waals surface area (Å²) in [6.07, 6.45) is -9.73. The Morgan fingerprint density at radius 2 is 1.34 bits per heavy atom. The molecule has 9 heteroatoms. The Hall–Kier alpha value is -3.49. The van der Waals surface area contributed by atoms with E-state index in [4.69, 9.17) is 9.84 Å². The molecule has 0 saturated heterocycles. The predicted molar refractivity (Wildman–Crippen MR) is 104 cm³/mol. The summed E-state index contributed by atoms with van der Waals surface area (Å²) < 4.78 is 84.2. The van der Waals surface area contributed by atoms with Crippen LogP contribution in [0.5, 0.6) is 11.5 Å². The van der Waals surface area contributed by atoms with Crippen LogP contribution in [0.15, 0.2) is 66.7 Å². The maximum Gasteiger partial charge on any atom is 0.416 e. The van der Waals surface area contributed by atoms with Crippen LogP contribution >= 0.6 is 0 Å². The Labute approximate surface area is 178 Å². The van der Waals surface area contributed by atoms with E-state index in [9.17, 15) is 31.1 Å². The molecule has 0 aliphatic rings. The highest BCUT2D eigenvalue weighted by atomic mass is 19.4. The van der Waals surface area contributed by atoms with Gasteiger partial charge in [-0.05, 0) is 59.5 Å². The number of hydrogen-bond donors (Lipinski definition) is 1. The molecule has 0 heterocycles. The maximum atomic E-state index is 13.1. The van der Waals surface area contributed by atoms with Gasteiger partial charge in [-0.1, -0.05) is 30.3 Å². The fraction of sp³-hybridized carbons (Fsp3) is 0.174. The van der Waals surface area contributed by atoms with Crippen LogP contribution in [-0.2, 0) is 23.6 Å². The lowest BCUT2D eigenvalue weighted by atomic mass is 9.99. The lowest BCUT2D eigenvalue weighted by Crippen LogP contribution is -2.11. The Balaban J connectivity index is 1.89. The molecule has 0 saturated carbocycles. The predicted octanol–water partition coefficient (Wildman–Crippen LogP) is 7.20. The van der Waals surface area contributed by atoms with E-state index in [0.29, 0.717) is 29.2 Å². The number of hydrogen-bond acceptors (Lipinski definition) is 2. The molecule has 0 atom stereocenters. The van der Waals surface area contributed by atoms with Crippen LogP contribution in [0.4, 0.5) is 26.3 Å². The first-order chi connectivity index (χ1) is 14.9. The molecule has 168 valence electrons. The van der Waals surface area contributed by atoms with Gasteiger partial charge in [0.1, 0.15) is 11.5 Å². The molecule has 0 amide bonds. The van der Waals surface area contributed by atoms with Crippen LogP contribution in [0.1, 0.15) is 23.1 Å². The van der Waals surface area contributed by atoms with Gasteiger partial charge in [0, 0.05) is 6.42 Å². The molecule has 0 radical (unpaired) electrons. The van der Waals surface area contributed by atoms with Crippen LogP contribution in [-0.4, -0.2) is 11.1 Å². The largest absolute Gasteiger partial charge is 0.481 e. The maximum absolute atomic E-state index is 13.1. The van der Waals surface area contributed by atoms with Gasteiger partial charge in [0.2, 0.25) is 0 Å². The summed E-state index contributed by atoms with van der Waals surface area (Å²) in [7, 11) is 0. The molecular weight excluding hydrogens is 438 g/mol. The zero-order valence-corrected chi connectivity index (χ0v) is 16.3. The highest BCUT2D eigenvalue weighted by molar-refractivity contribution is 5.68. The molecule has 0 fully saturated rings. The fourth-order valence-electron chi connectivity index (χ4n) is 3.02. The van der Waals surface area contributed by atoms with Crippen LogP contribution in [0.2, 0.25) is 0 Å². The van der Waals surface area contributed by atoms with Crippen molar-refractivity contribution in [3.8, 4) is 22.6 Å². The van der Waals surface area contributed by atoms with Crippen LogP contribution in [0.25, 0.3) is 11.1 Å². The molecule has 0 aliphatic heterocycles. The number of para-hydroxylation sites is 1. The SMILES string of the molecule is O=C(O)CCc1ccccc1Oc1ccc(-c2cc(C(F)(F)F)cc(C(F)(F)F)c2)cc1. The van der Waals surface area contributed by atoms with Crippen molar-refractivity contribution >= 4 is 5.97 Å². The number of aliphatic carboxylic acids is 1. The molecule has 0 aromatic heterocycles. The molecule has 0 unspecified atom stereocenters. The van der Waals surface area contributed by atoms with Gasteiger partial charge in [0.25, 0.3) is 0 Å². The summed E-state index contributed by atoms with van der Waals surface area (Å²) in [6.45, 7) is 0. The highest BCUT2D eigenvalue weighted by Crippen LogP contribution is 2.39. The fourth-order valence-corrected chi connectivity index (χ4v) is 3.02. The van der Waals surface area contributed by atoms with Gasteiger partial charge >= 0.3 is 18.3 Å². The number of carbonyl (C=O) groups is 1. The number of carboxylic acids is 1. The minimum Gasteiger partial charge on any atom is -0.481 e. The van der Waals surface area contributed by atoms with Gasteiger partial charge in [0.05, 0.1) is 11.1 Å². The number of halogens is 6. The van der Waals surface area contributed by atoms with Crippen molar-refractivity contribution in [1.82, 2.24) is 0 Å². The summed E-state index contributed by atoms with van der Waals surface area (Å²) in [5.41, 5.74) is -2.23. The summed E-state index contributed by atoms with van der Waals surface area (Å²) in [5.74, 6) is -0.275. The topological polar surface area (TPSA) is 46.5 Å². The average Bonchev–Trinajstić information content (AvgIpc) is 2.72. The minimum absolute atomic E-state index is 0.0784. The van der Waals surface area contributed by atoms with E-state index in [2.05, 4.69) is 0 Å². The second-order valence-electron chi connectivity index (χ2n) is 6.92. The average molecular weight is 454 g/mol. The monoisotopic (exact) mass is 454 g/mol. The van der Waals surface area contributed by atoms with Gasteiger partial charge < -0.3 is 9.84 Å². The Morgan fingerprint density at radius 1 is 0.781 bits per heavy atom. The van der Waals surface area contributed by atoms with Crippen LogP contribution in [0, 0.1) is 0 Å². The highest BCUT2D eigenvalue weighted by Gasteiger charge is 2.37. The van der Waals surface area contributed by atoms with E-state index in [0.717, 1.165) is 0 Å². The molecule has 3 rings (SSSR count). The van der Waals surface area contributed by atoms with Gasteiger partial charge in [-0.15, -0.1) is 0 Å². The number of ether oxygens (including phenoxy) is 1. The first kappa shape index (κ1) is 23.2. The molecule has 3 aromatic rings. The van der Waals surface area contributed by atoms with E-state index >= 15 is 0 Å². The van der Waals surface area contributed by atoms with E-state index in [1.807, 2.05) is 0 Å². The third-order valence-electron chi connectivity index (χ3n) is 4.58. The Morgan fingerprint density at radius 3 is 1.88 bits per heavy atom. The van der Waals surface area contributed by atoms with Gasteiger partial charge in [-0.25, -0.2) is 0 Å². The molecule has 32 heavy (non-hydrogen) atoms. The first-order valence-electron chi connectivity index (χ1n) is 9.31. The zero-order chi connectivity index (χ0) is 23.5. The smallest absolute Gasteiger partial charge is 0.416 e. The molecule has 1 N–H and O–H groups in total. The van der Waals surface area contributed by atoms with E-state index < -0.39 is 29.4 Å². The molecule has 3 nitrogen and oxygen atoms in total. The van der Waals surface area contributed by atoms with Crippen molar-refractivity contribution in [1.29, 1.82) is 0 Å². The van der Waals surface area contributed by atoms with Crippen LogP contribution < -0.4 is 4.74 Å². The van der Waals surface area contributed by atoms with E-state index in [1.165, 1.54) is 24.3 Å². The van der Waals surface area contributed by atoms with Crippen LogP contribution in [0.3, 0.4) is 0 Å². The standard InChI is InChI=1S/C23H16F6O3/c24-22(25,26)17-11-16(12-18(13-17)23(27,28)29)14-5-8-19(9-6-14)32-20-4-2-1-3-15(20)7-10-21(30)31/h1-6,8-9,11-13H,7,10H2,(H,30,31). The quantitative estimate of drug-likeness (QED) is 0.401. The second-order valence-corrected chi connectivity index (χ2v) is 6.92. The van der Waals surface area contributed by atoms with Gasteiger partial charge in [-0.3, -0.25) is 4.79 Å². The molecule has 0 bridgehead atoms. The molecular formula is C23H16F6O3. The third kappa shape index (κ3) is 5.81. The molecule has 0 spiro atoms. The molecule has 0 aliphatic carbocycles.